The van der Waals surface area contributed by atoms with Crippen molar-refractivity contribution in [1.29, 1.82) is 0 Å². The summed E-state index contributed by atoms with van der Waals surface area (Å²) in [7, 11) is 1.56. The number of nitrogens with one attached hydrogen (secondary N) is 3. The molecule has 0 saturated carbocycles. The van der Waals surface area contributed by atoms with E-state index in [1.54, 1.807) is 52.1 Å². The number of hydrogen-bond acceptors (Lipinski definition) is 7. The van der Waals surface area contributed by atoms with Gasteiger partial charge in [-0.1, -0.05) is 77.1 Å². The Morgan fingerprint density at radius 2 is 1.32 bits per heavy atom. The fourth-order valence-corrected chi connectivity index (χ4v) is 3.95. The van der Waals surface area contributed by atoms with Crippen molar-refractivity contribution < 1.29 is 33.4 Å². The molecule has 3 N–H and O–H groups in total. The number of ether oxygens (including phenoxy) is 3. The first-order valence-electron chi connectivity index (χ1n) is 13.9. The molecule has 0 aliphatic heterocycles. The quantitative estimate of drug-likeness (QED) is 0.275. The van der Waals surface area contributed by atoms with Gasteiger partial charge in [-0.15, -0.1) is 0 Å². The number of amides is 3. The van der Waals surface area contributed by atoms with E-state index in [-0.39, 0.29) is 31.5 Å². The van der Waals surface area contributed by atoms with Crippen LogP contribution in [0.4, 0.5) is 4.79 Å². The van der Waals surface area contributed by atoms with Gasteiger partial charge in [-0.3, -0.25) is 9.59 Å². The Labute approximate surface area is 242 Å². The van der Waals surface area contributed by atoms with Gasteiger partial charge in [0.25, 0.3) is 0 Å². The molecule has 0 fully saturated rings. The third kappa shape index (κ3) is 11.5. The van der Waals surface area contributed by atoms with Gasteiger partial charge < -0.3 is 30.2 Å². The normalized spacial score (nSPS) is 13.1. The van der Waals surface area contributed by atoms with Gasteiger partial charge in [-0.25, -0.2) is 9.59 Å². The van der Waals surface area contributed by atoms with Crippen LogP contribution in [0.2, 0.25) is 0 Å². The molecular weight excluding hydrogens is 526 g/mol. The monoisotopic (exact) mass is 569 g/mol. The van der Waals surface area contributed by atoms with E-state index in [1.165, 1.54) is 0 Å². The zero-order valence-corrected chi connectivity index (χ0v) is 24.8. The maximum absolute atomic E-state index is 13.3. The molecule has 0 unspecified atom stereocenters. The van der Waals surface area contributed by atoms with Crippen LogP contribution < -0.4 is 20.7 Å². The average molecular weight is 570 g/mol. The summed E-state index contributed by atoms with van der Waals surface area (Å²) in [6.45, 7) is 9.30. The second-order valence-corrected chi connectivity index (χ2v) is 10.5. The zero-order valence-electron chi connectivity index (χ0n) is 24.8. The van der Waals surface area contributed by atoms with Crippen molar-refractivity contribution in [3.63, 3.8) is 0 Å². The van der Waals surface area contributed by atoms with Crippen molar-refractivity contribution in [2.45, 2.75) is 78.8 Å². The summed E-state index contributed by atoms with van der Waals surface area (Å²) in [6, 6.07) is 13.6. The number of esters is 1. The van der Waals surface area contributed by atoms with E-state index < -0.39 is 42.0 Å². The van der Waals surface area contributed by atoms with Crippen LogP contribution in [0.15, 0.2) is 54.6 Å². The van der Waals surface area contributed by atoms with Crippen molar-refractivity contribution in [2.75, 3.05) is 7.11 Å². The molecule has 0 aliphatic carbocycles. The highest BCUT2D eigenvalue weighted by atomic mass is 16.5. The standard InChI is InChI=1S/C31H43N3O7/c1-7-25(33-31(38)41-19-23-13-15-24(39-6)16-14-23)28(35)32-26(17-20(2)3)29(36)34-27(21(4)5)30(37)40-18-22-11-9-8-10-12-22/h8-16,20-21,25-27H,7,17-19H2,1-6H3,(H,32,35)(H,33,38)(H,34,36)/t25-,26+,27-/m0/s1. The fraction of sp³-hybridized carbons (Fsp3) is 0.484. The Kier molecular flexibility index (Phi) is 13.6. The van der Waals surface area contributed by atoms with E-state index in [9.17, 15) is 19.2 Å². The molecule has 224 valence electrons. The summed E-state index contributed by atoms with van der Waals surface area (Å²) >= 11 is 0. The number of benzene rings is 2. The van der Waals surface area contributed by atoms with Crippen LogP contribution in [0, 0.1) is 11.8 Å². The second kappa shape index (κ2) is 16.9. The van der Waals surface area contributed by atoms with E-state index in [0.717, 1.165) is 11.1 Å². The van der Waals surface area contributed by atoms with Crippen molar-refractivity contribution in [1.82, 2.24) is 16.0 Å². The van der Waals surface area contributed by atoms with Crippen molar-refractivity contribution in [2.24, 2.45) is 11.8 Å². The largest absolute Gasteiger partial charge is 0.497 e. The molecule has 3 amide bonds. The van der Waals surface area contributed by atoms with Crippen molar-refractivity contribution in [3.8, 4) is 5.75 Å². The number of alkyl carbamates (subject to hydrolysis) is 1. The predicted molar refractivity (Wildman–Crippen MR) is 155 cm³/mol. The highest BCUT2D eigenvalue weighted by Gasteiger charge is 2.31. The smallest absolute Gasteiger partial charge is 0.408 e. The van der Waals surface area contributed by atoms with E-state index in [1.807, 2.05) is 44.2 Å². The van der Waals surface area contributed by atoms with Crippen LogP contribution in [0.3, 0.4) is 0 Å². The molecule has 2 aromatic rings. The van der Waals surface area contributed by atoms with Crippen LogP contribution in [0.5, 0.6) is 5.75 Å². The van der Waals surface area contributed by atoms with E-state index in [4.69, 9.17) is 14.2 Å². The first-order valence-corrected chi connectivity index (χ1v) is 13.9. The molecule has 0 saturated heterocycles. The first-order chi connectivity index (χ1) is 19.5. The Bertz CT molecular complexity index is 1120. The highest BCUT2D eigenvalue weighted by molar-refractivity contribution is 5.93. The molecule has 0 heterocycles. The number of carbonyl (C=O) groups excluding carboxylic acids is 4. The van der Waals surface area contributed by atoms with Crippen LogP contribution in [-0.4, -0.2) is 49.1 Å². The van der Waals surface area contributed by atoms with Crippen LogP contribution in [0.25, 0.3) is 0 Å². The van der Waals surface area contributed by atoms with E-state index in [0.29, 0.717) is 12.2 Å². The molecule has 0 radical (unpaired) electrons. The van der Waals surface area contributed by atoms with Gasteiger partial charge in [0.15, 0.2) is 0 Å². The Morgan fingerprint density at radius 3 is 1.88 bits per heavy atom. The summed E-state index contributed by atoms with van der Waals surface area (Å²) in [6.07, 6.45) is -0.145. The molecule has 41 heavy (non-hydrogen) atoms. The van der Waals surface area contributed by atoms with Crippen LogP contribution >= 0.6 is 0 Å². The lowest BCUT2D eigenvalue weighted by molar-refractivity contribution is -0.150. The molecule has 3 atom stereocenters. The van der Waals surface area contributed by atoms with Crippen molar-refractivity contribution >= 4 is 23.9 Å². The third-order valence-corrected chi connectivity index (χ3v) is 6.33. The topological polar surface area (TPSA) is 132 Å². The number of hydrogen-bond donors (Lipinski definition) is 3. The zero-order chi connectivity index (χ0) is 30.4. The van der Waals surface area contributed by atoms with Gasteiger partial charge in [0.2, 0.25) is 11.8 Å². The van der Waals surface area contributed by atoms with Gasteiger partial charge in [0.1, 0.15) is 37.1 Å². The summed E-state index contributed by atoms with van der Waals surface area (Å²) in [4.78, 5) is 51.6. The lowest BCUT2D eigenvalue weighted by atomic mass is 10.00. The summed E-state index contributed by atoms with van der Waals surface area (Å²) in [5.74, 6) is -1.08. The summed E-state index contributed by atoms with van der Waals surface area (Å²) in [5.41, 5.74) is 1.59. The molecule has 0 bridgehead atoms. The third-order valence-electron chi connectivity index (χ3n) is 6.33. The van der Waals surface area contributed by atoms with Gasteiger partial charge in [0, 0.05) is 0 Å². The van der Waals surface area contributed by atoms with E-state index in [2.05, 4.69) is 16.0 Å². The van der Waals surface area contributed by atoms with Crippen LogP contribution in [0.1, 0.15) is 58.6 Å². The molecule has 10 heteroatoms. The van der Waals surface area contributed by atoms with Gasteiger partial charge in [0.05, 0.1) is 7.11 Å². The Hall–Kier alpha value is -4.08. The lowest BCUT2D eigenvalue weighted by Crippen LogP contribution is -2.56. The van der Waals surface area contributed by atoms with Crippen molar-refractivity contribution in [3.05, 3.63) is 65.7 Å². The molecule has 2 aromatic carbocycles. The minimum Gasteiger partial charge on any atom is -0.497 e. The minimum absolute atomic E-state index is 0.0171. The molecule has 0 aliphatic rings. The van der Waals surface area contributed by atoms with Crippen LogP contribution in [-0.2, 0) is 37.1 Å². The second-order valence-electron chi connectivity index (χ2n) is 10.5. The van der Waals surface area contributed by atoms with E-state index >= 15 is 0 Å². The fourth-order valence-electron chi connectivity index (χ4n) is 3.95. The maximum atomic E-state index is 13.3. The molecule has 0 spiro atoms. The first kappa shape index (κ1) is 33.1. The summed E-state index contributed by atoms with van der Waals surface area (Å²) < 4.78 is 15.8. The lowest BCUT2D eigenvalue weighted by Gasteiger charge is -2.27. The molecule has 2 rings (SSSR count). The SMILES string of the molecule is CC[C@H](NC(=O)OCc1ccc(OC)cc1)C(=O)N[C@H](CC(C)C)C(=O)N[C@H](C(=O)OCc1ccccc1)C(C)C. The summed E-state index contributed by atoms with van der Waals surface area (Å²) in [5, 5.41) is 8.07. The Balaban J connectivity index is 1.98. The molecule has 0 aromatic heterocycles. The number of methoxy groups -OCH3 is 1. The minimum atomic E-state index is -0.920. The molecule has 10 nitrogen and oxygen atoms in total. The Morgan fingerprint density at radius 1 is 0.732 bits per heavy atom. The number of rotatable bonds is 15. The highest BCUT2D eigenvalue weighted by Crippen LogP contribution is 2.13. The van der Waals surface area contributed by atoms with Gasteiger partial charge in [-0.2, -0.15) is 0 Å². The number of carbonyl (C=O) groups is 4. The van der Waals surface area contributed by atoms with Gasteiger partial charge in [-0.05, 0) is 47.9 Å². The van der Waals surface area contributed by atoms with Gasteiger partial charge >= 0.3 is 12.1 Å². The predicted octanol–water partition coefficient (Wildman–Crippen LogP) is 4.12. The average Bonchev–Trinajstić information content (AvgIpc) is 2.96. The molecular formula is C31H43N3O7. The maximum Gasteiger partial charge on any atom is 0.408 e.